The minimum atomic E-state index is -0.277. The van der Waals surface area contributed by atoms with Gasteiger partial charge in [-0.15, -0.1) is 11.3 Å². The second-order valence-electron chi connectivity index (χ2n) is 11.9. The van der Waals surface area contributed by atoms with Crippen molar-refractivity contribution >= 4 is 51.1 Å². The summed E-state index contributed by atoms with van der Waals surface area (Å²) in [7, 11) is 1.76. The SMILES string of the molecule is COCCCN1CCN(Cc2cccc(Nc3nccc(-c4c(-c5cccc(NC(=O)c6ccccc6Cl)c5)nc5sccn45)n3)c2)CC1. The van der Waals surface area contributed by atoms with Gasteiger partial charge in [0.2, 0.25) is 5.95 Å². The molecule has 49 heavy (non-hydrogen) atoms. The molecule has 6 aromatic rings. The highest BCUT2D eigenvalue weighted by atomic mass is 35.5. The molecule has 0 atom stereocenters. The second-order valence-corrected chi connectivity index (χ2v) is 13.2. The average molecular weight is 693 g/mol. The maximum absolute atomic E-state index is 13.0. The minimum Gasteiger partial charge on any atom is -0.385 e. The number of hydrogen-bond acceptors (Lipinski definition) is 9. The van der Waals surface area contributed by atoms with Crippen molar-refractivity contribution in [1.82, 2.24) is 29.2 Å². The van der Waals surface area contributed by atoms with Crippen LogP contribution in [0.5, 0.6) is 0 Å². The molecule has 4 heterocycles. The van der Waals surface area contributed by atoms with Crippen LogP contribution in [-0.2, 0) is 11.3 Å². The fraction of sp³-hybridized carbons (Fsp3) is 0.243. The van der Waals surface area contributed by atoms with Crippen LogP contribution in [0, 0.1) is 0 Å². The number of anilines is 3. The topological polar surface area (TPSA) is 99.9 Å². The number of nitrogens with one attached hydrogen (secondary N) is 2. The Morgan fingerprint density at radius 3 is 2.61 bits per heavy atom. The van der Waals surface area contributed by atoms with E-state index in [4.69, 9.17) is 26.3 Å². The predicted molar refractivity (Wildman–Crippen MR) is 197 cm³/mol. The summed E-state index contributed by atoms with van der Waals surface area (Å²) >= 11 is 7.82. The number of nitrogens with zero attached hydrogens (tertiary/aromatic N) is 6. The van der Waals surface area contributed by atoms with Crippen molar-refractivity contribution < 1.29 is 9.53 Å². The first kappa shape index (κ1) is 32.9. The Morgan fingerprint density at radius 1 is 0.939 bits per heavy atom. The number of benzene rings is 3. The Hall–Kier alpha value is -4.65. The van der Waals surface area contributed by atoms with Gasteiger partial charge in [-0.2, -0.15) is 0 Å². The number of imidazole rings is 1. The first-order chi connectivity index (χ1) is 24.0. The summed E-state index contributed by atoms with van der Waals surface area (Å²) in [4.78, 5) is 33.3. The summed E-state index contributed by atoms with van der Waals surface area (Å²) in [6.07, 6.45) is 4.83. The summed E-state index contributed by atoms with van der Waals surface area (Å²) in [5.41, 5.74) is 6.40. The molecule has 2 N–H and O–H groups in total. The molecule has 1 saturated heterocycles. The van der Waals surface area contributed by atoms with Crippen molar-refractivity contribution in [2.45, 2.75) is 13.0 Å². The van der Waals surface area contributed by atoms with Crippen LogP contribution in [0.2, 0.25) is 5.02 Å². The van der Waals surface area contributed by atoms with Crippen LogP contribution in [0.15, 0.2) is 96.6 Å². The Bertz CT molecular complexity index is 2060. The van der Waals surface area contributed by atoms with Gasteiger partial charge in [-0.05, 0) is 54.4 Å². The normalized spacial score (nSPS) is 13.9. The number of carbonyl (C=O) groups is 1. The fourth-order valence-electron chi connectivity index (χ4n) is 6.11. The molecule has 7 rings (SSSR count). The molecule has 1 aliphatic rings. The van der Waals surface area contributed by atoms with Crippen molar-refractivity contribution in [3.63, 3.8) is 0 Å². The lowest BCUT2D eigenvalue weighted by Gasteiger charge is -2.34. The molecular weight excluding hydrogens is 656 g/mol. The zero-order valence-corrected chi connectivity index (χ0v) is 28.8. The molecule has 3 aromatic heterocycles. The number of methoxy groups -OCH3 is 1. The van der Waals surface area contributed by atoms with Gasteiger partial charge in [0.25, 0.3) is 5.91 Å². The van der Waals surface area contributed by atoms with E-state index in [0.29, 0.717) is 22.2 Å². The molecule has 1 fully saturated rings. The van der Waals surface area contributed by atoms with E-state index in [1.54, 1.807) is 48.9 Å². The Labute approximate surface area is 294 Å². The fourth-order valence-corrected chi connectivity index (χ4v) is 7.04. The Morgan fingerprint density at radius 2 is 1.76 bits per heavy atom. The largest absolute Gasteiger partial charge is 0.385 e. The third-order valence-electron chi connectivity index (χ3n) is 8.55. The molecule has 1 aliphatic heterocycles. The van der Waals surface area contributed by atoms with Gasteiger partial charge in [0.1, 0.15) is 5.69 Å². The molecule has 0 spiro atoms. The van der Waals surface area contributed by atoms with Gasteiger partial charge in [0.15, 0.2) is 4.96 Å². The summed E-state index contributed by atoms with van der Waals surface area (Å²) in [6.45, 7) is 7.07. The van der Waals surface area contributed by atoms with E-state index in [1.807, 2.05) is 52.4 Å². The van der Waals surface area contributed by atoms with Gasteiger partial charge >= 0.3 is 0 Å². The first-order valence-corrected chi connectivity index (χ1v) is 17.5. The number of piperazine rings is 1. The van der Waals surface area contributed by atoms with E-state index in [-0.39, 0.29) is 5.91 Å². The van der Waals surface area contributed by atoms with E-state index in [1.165, 1.54) is 5.56 Å². The van der Waals surface area contributed by atoms with Crippen molar-refractivity contribution in [2.24, 2.45) is 0 Å². The molecule has 10 nitrogen and oxygen atoms in total. The van der Waals surface area contributed by atoms with Crippen LogP contribution in [-0.4, -0.2) is 81.5 Å². The average Bonchev–Trinajstić information content (AvgIpc) is 3.72. The molecule has 12 heteroatoms. The summed E-state index contributed by atoms with van der Waals surface area (Å²) in [5, 5.41) is 8.80. The zero-order valence-electron chi connectivity index (χ0n) is 27.2. The van der Waals surface area contributed by atoms with Gasteiger partial charge in [0, 0.05) is 87.7 Å². The van der Waals surface area contributed by atoms with Gasteiger partial charge < -0.3 is 20.3 Å². The van der Waals surface area contributed by atoms with Crippen LogP contribution in [0.1, 0.15) is 22.3 Å². The molecule has 0 saturated carbocycles. The van der Waals surface area contributed by atoms with Crippen LogP contribution in [0.3, 0.4) is 0 Å². The standard InChI is InChI=1S/C37H37ClN8O2S/c1-48-21-6-15-44-16-18-45(19-17-44)25-26-7-4-9-28(23-26)41-36-39-14-13-32(42-36)34-33(43-37-46(34)20-22-49-37)27-8-5-10-29(24-27)40-35(47)30-11-2-3-12-31(30)38/h2-5,7-14,20,22-24H,6,15-19,21,25H2,1H3,(H,40,47)(H,39,41,42). The van der Waals surface area contributed by atoms with Crippen LogP contribution >= 0.6 is 22.9 Å². The summed E-state index contributed by atoms with van der Waals surface area (Å²) in [5.74, 6) is 0.219. The number of rotatable bonds is 12. The summed E-state index contributed by atoms with van der Waals surface area (Å²) < 4.78 is 7.25. The van der Waals surface area contributed by atoms with Crippen LogP contribution in [0.4, 0.5) is 17.3 Å². The highest BCUT2D eigenvalue weighted by Crippen LogP contribution is 2.35. The van der Waals surface area contributed by atoms with E-state index in [9.17, 15) is 4.79 Å². The number of hydrogen-bond donors (Lipinski definition) is 2. The molecule has 0 unspecified atom stereocenters. The quantitative estimate of drug-likeness (QED) is 0.129. The third kappa shape index (κ3) is 7.82. The van der Waals surface area contributed by atoms with Crippen LogP contribution < -0.4 is 10.6 Å². The summed E-state index contributed by atoms with van der Waals surface area (Å²) in [6, 6.07) is 25.0. The lowest BCUT2D eigenvalue weighted by atomic mass is 10.1. The van der Waals surface area contributed by atoms with E-state index in [0.717, 1.165) is 85.6 Å². The molecule has 0 aliphatic carbocycles. The number of aromatic nitrogens is 4. The van der Waals surface area contributed by atoms with Gasteiger partial charge in [-0.25, -0.2) is 15.0 Å². The molecule has 0 bridgehead atoms. The van der Waals surface area contributed by atoms with Crippen molar-refractivity contribution in [3.05, 3.63) is 113 Å². The number of carbonyl (C=O) groups excluding carboxylic acids is 1. The zero-order chi connectivity index (χ0) is 33.6. The maximum Gasteiger partial charge on any atom is 0.257 e. The highest BCUT2D eigenvalue weighted by Gasteiger charge is 2.20. The number of halogens is 1. The number of thiazole rings is 1. The third-order valence-corrected chi connectivity index (χ3v) is 9.64. The number of fused-ring (bicyclic) bond motifs is 1. The van der Waals surface area contributed by atoms with Gasteiger partial charge in [-0.3, -0.25) is 14.1 Å². The van der Waals surface area contributed by atoms with Crippen LogP contribution in [0.25, 0.3) is 27.6 Å². The second kappa shape index (κ2) is 15.3. The van der Waals surface area contributed by atoms with Gasteiger partial charge in [0.05, 0.1) is 22.0 Å². The molecule has 3 aromatic carbocycles. The minimum absolute atomic E-state index is 0.277. The number of ether oxygens (including phenoxy) is 1. The maximum atomic E-state index is 13.0. The first-order valence-electron chi connectivity index (χ1n) is 16.3. The molecule has 1 amide bonds. The lowest BCUT2D eigenvalue weighted by Crippen LogP contribution is -2.46. The Balaban J connectivity index is 1.08. The van der Waals surface area contributed by atoms with E-state index in [2.05, 4.69) is 43.6 Å². The highest BCUT2D eigenvalue weighted by molar-refractivity contribution is 7.15. The van der Waals surface area contributed by atoms with E-state index < -0.39 is 0 Å². The van der Waals surface area contributed by atoms with Crippen molar-refractivity contribution in [3.8, 4) is 22.6 Å². The molecule has 0 radical (unpaired) electrons. The molecule has 250 valence electrons. The predicted octanol–water partition coefficient (Wildman–Crippen LogP) is 7.32. The monoisotopic (exact) mass is 692 g/mol. The van der Waals surface area contributed by atoms with E-state index >= 15 is 0 Å². The Kier molecular flexibility index (Phi) is 10.2. The number of amides is 1. The lowest BCUT2D eigenvalue weighted by molar-refractivity contribution is 0.102. The molecular formula is C37H37ClN8O2S. The van der Waals surface area contributed by atoms with Crippen molar-refractivity contribution in [2.75, 3.05) is 57.1 Å². The van der Waals surface area contributed by atoms with Crippen molar-refractivity contribution in [1.29, 1.82) is 0 Å². The smallest absolute Gasteiger partial charge is 0.257 e. The van der Waals surface area contributed by atoms with Gasteiger partial charge in [-0.1, -0.05) is 48.0 Å².